The van der Waals surface area contributed by atoms with Crippen LogP contribution in [0.2, 0.25) is 0 Å². The first-order valence-electron chi connectivity index (χ1n) is 4.49. The second kappa shape index (κ2) is 12.1. The number of nitrogens with one attached hydrogen (secondary N) is 1. The van der Waals surface area contributed by atoms with Crippen molar-refractivity contribution in [3.63, 3.8) is 0 Å². The Morgan fingerprint density at radius 1 is 0.923 bits per heavy atom. The maximum absolute atomic E-state index is 3.67. The molecular weight excluding hydrogens is 198 g/mol. The monoisotopic (exact) mass is 217 g/mol. The van der Waals surface area contributed by atoms with Crippen LogP contribution in [0.1, 0.15) is 0 Å². The third-order valence-corrected chi connectivity index (χ3v) is 3.25. The smallest absolute Gasteiger partial charge is 0.0111 e. The summed E-state index contributed by atoms with van der Waals surface area (Å²) in [5, 5.41) is 3.39. The highest BCUT2D eigenvalue weighted by Crippen LogP contribution is 1.98. The predicted octanol–water partition coefficient (Wildman–Crippen LogP) is 2.41. The fourth-order valence-corrected chi connectivity index (χ4v) is 1.99. The van der Waals surface area contributed by atoms with E-state index in [1.165, 1.54) is 11.5 Å². The summed E-state index contributed by atoms with van der Waals surface area (Å²) in [6, 6.07) is 0. The molecule has 0 heterocycles. The molecule has 0 saturated carbocycles. The van der Waals surface area contributed by atoms with E-state index in [1.54, 1.807) is 0 Å². The molecule has 0 radical (unpaired) electrons. The molecule has 0 spiro atoms. The van der Waals surface area contributed by atoms with Gasteiger partial charge in [0.05, 0.1) is 0 Å². The number of thioether (sulfide) groups is 2. The normalized spacial score (nSPS) is 9.85. The molecular formula is C10H19NS2. The first kappa shape index (κ1) is 13.1. The molecule has 0 bridgehead atoms. The molecule has 1 N–H and O–H groups in total. The van der Waals surface area contributed by atoms with E-state index in [2.05, 4.69) is 18.5 Å². The average Bonchev–Trinajstić information content (AvgIpc) is 2.16. The predicted molar refractivity (Wildman–Crippen MR) is 67.9 cm³/mol. The van der Waals surface area contributed by atoms with Crippen LogP contribution in [0.3, 0.4) is 0 Å². The lowest BCUT2D eigenvalue weighted by Gasteiger charge is -2.02. The molecule has 0 fully saturated rings. The summed E-state index contributed by atoms with van der Waals surface area (Å²) < 4.78 is 0. The molecule has 0 aliphatic rings. The van der Waals surface area contributed by atoms with Crippen LogP contribution in [0.4, 0.5) is 0 Å². The Morgan fingerprint density at radius 3 is 1.77 bits per heavy atom. The molecule has 76 valence electrons. The van der Waals surface area contributed by atoms with Gasteiger partial charge in [-0.3, -0.25) is 0 Å². The lowest BCUT2D eigenvalue weighted by Crippen LogP contribution is -2.20. The van der Waals surface area contributed by atoms with Crippen molar-refractivity contribution in [1.82, 2.24) is 5.32 Å². The van der Waals surface area contributed by atoms with Crippen LogP contribution < -0.4 is 5.32 Å². The second-order valence-electron chi connectivity index (χ2n) is 2.48. The molecule has 0 aromatic carbocycles. The van der Waals surface area contributed by atoms with E-state index >= 15 is 0 Å². The summed E-state index contributed by atoms with van der Waals surface area (Å²) >= 11 is 3.84. The number of hydrogen-bond acceptors (Lipinski definition) is 3. The van der Waals surface area contributed by atoms with Gasteiger partial charge in [0.15, 0.2) is 0 Å². The van der Waals surface area contributed by atoms with Gasteiger partial charge in [0, 0.05) is 36.1 Å². The molecule has 0 atom stereocenters. The second-order valence-corrected chi connectivity index (χ2v) is 4.78. The van der Waals surface area contributed by atoms with Crippen LogP contribution in [-0.2, 0) is 0 Å². The summed E-state index contributed by atoms with van der Waals surface area (Å²) in [7, 11) is 0. The van der Waals surface area contributed by atoms with E-state index < -0.39 is 0 Å². The van der Waals surface area contributed by atoms with E-state index in [0.717, 1.165) is 24.6 Å². The Morgan fingerprint density at radius 2 is 1.38 bits per heavy atom. The fraction of sp³-hybridized carbons (Fsp3) is 0.600. The van der Waals surface area contributed by atoms with Gasteiger partial charge in [0.1, 0.15) is 0 Å². The van der Waals surface area contributed by atoms with E-state index in [0.29, 0.717) is 0 Å². The summed E-state index contributed by atoms with van der Waals surface area (Å²) in [4.78, 5) is 0. The third kappa shape index (κ3) is 12.1. The Balaban J connectivity index is 2.83. The first-order valence-corrected chi connectivity index (χ1v) is 6.80. The molecule has 3 heteroatoms. The maximum Gasteiger partial charge on any atom is 0.0111 e. The Bertz CT molecular complexity index is 112. The quantitative estimate of drug-likeness (QED) is 0.446. The van der Waals surface area contributed by atoms with Gasteiger partial charge in [-0.05, 0) is 0 Å². The van der Waals surface area contributed by atoms with Crippen molar-refractivity contribution in [2.45, 2.75) is 0 Å². The topological polar surface area (TPSA) is 12.0 Å². The van der Waals surface area contributed by atoms with Crippen LogP contribution >= 0.6 is 23.5 Å². The summed E-state index contributed by atoms with van der Waals surface area (Å²) in [6.07, 6.45) is 3.90. The van der Waals surface area contributed by atoms with E-state index in [4.69, 9.17) is 0 Å². The van der Waals surface area contributed by atoms with Crippen LogP contribution in [-0.4, -0.2) is 36.1 Å². The number of rotatable bonds is 10. The minimum atomic E-state index is 1.06. The maximum atomic E-state index is 3.67. The van der Waals surface area contributed by atoms with Crippen molar-refractivity contribution >= 4 is 23.5 Å². The highest BCUT2D eigenvalue weighted by Gasteiger charge is 1.88. The van der Waals surface area contributed by atoms with Gasteiger partial charge in [0.2, 0.25) is 0 Å². The lowest BCUT2D eigenvalue weighted by molar-refractivity contribution is 0.774. The first-order chi connectivity index (χ1) is 6.41. The largest absolute Gasteiger partial charge is 0.315 e. The highest BCUT2D eigenvalue weighted by atomic mass is 32.2. The van der Waals surface area contributed by atoms with Gasteiger partial charge in [-0.1, -0.05) is 12.2 Å². The molecule has 0 aliphatic carbocycles. The van der Waals surface area contributed by atoms with E-state index in [9.17, 15) is 0 Å². The summed E-state index contributed by atoms with van der Waals surface area (Å²) in [5.74, 6) is 4.48. The van der Waals surface area contributed by atoms with Gasteiger partial charge in [0.25, 0.3) is 0 Å². The fourth-order valence-electron chi connectivity index (χ4n) is 0.747. The molecule has 0 amide bonds. The zero-order chi connectivity index (χ0) is 9.78. The van der Waals surface area contributed by atoms with Crippen LogP contribution in [0.25, 0.3) is 0 Å². The zero-order valence-electron chi connectivity index (χ0n) is 8.13. The highest BCUT2D eigenvalue weighted by molar-refractivity contribution is 7.99. The Labute approximate surface area is 90.4 Å². The van der Waals surface area contributed by atoms with Gasteiger partial charge in [-0.15, -0.1) is 13.2 Å². The zero-order valence-corrected chi connectivity index (χ0v) is 9.76. The third-order valence-electron chi connectivity index (χ3n) is 1.32. The van der Waals surface area contributed by atoms with Crippen LogP contribution in [0.5, 0.6) is 0 Å². The lowest BCUT2D eigenvalue weighted by atomic mass is 10.7. The molecule has 13 heavy (non-hydrogen) atoms. The number of hydrogen-bond donors (Lipinski definition) is 1. The van der Waals surface area contributed by atoms with Crippen molar-refractivity contribution in [1.29, 1.82) is 0 Å². The molecule has 0 aromatic heterocycles. The van der Waals surface area contributed by atoms with Crippen LogP contribution in [0.15, 0.2) is 25.3 Å². The van der Waals surface area contributed by atoms with E-state index in [-0.39, 0.29) is 0 Å². The van der Waals surface area contributed by atoms with Gasteiger partial charge >= 0.3 is 0 Å². The standard InChI is InChI=1S/C10H19NS2/c1-3-7-12-9-5-11-6-10-13-8-4-2/h3-4,11H,1-2,5-10H2. The van der Waals surface area contributed by atoms with Crippen molar-refractivity contribution in [2.24, 2.45) is 0 Å². The van der Waals surface area contributed by atoms with Crippen molar-refractivity contribution in [3.05, 3.63) is 25.3 Å². The van der Waals surface area contributed by atoms with Gasteiger partial charge < -0.3 is 5.32 Å². The minimum Gasteiger partial charge on any atom is -0.315 e. The van der Waals surface area contributed by atoms with Crippen molar-refractivity contribution < 1.29 is 0 Å². The van der Waals surface area contributed by atoms with Crippen molar-refractivity contribution in [3.8, 4) is 0 Å². The summed E-state index contributed by atoms with van der Waals surface area (Å²) in [6.45, 7) is 9.56. The van der Waals surface area contributed by atoms with Gasteiger partial charge in [-0.2, -0.15) is 23.5 Å². The molecule has 0 unspecified atom stereocenters. The van der Waals surface area contributed by atoms with Crippen LogP contribution in [0, 0.1) is 0 Å². The Kier molecular flexibility index (Phi) is 12.3. The summed E-state index contributed by atoms with van der Waals surface area (Å²) in [5.41, 5.74) is 0. The van der Waals surface area contributed by atoms with E-state index in [1.807, 2.05) is 35.7 Å². The molecule has 0 saturated heterocycles. The molecule has 0 aliphatic heterocycles. The molecule has 1 nitrogen and oxygen atoms in total. The molecule has 0 aromatic rings. The minimum absolute atomic E-state index is 1.06. The average molecular weight is 217 g/mol. The SMILES string of the molecule is C=CCSCCNCCSCC=C. The van der Waals surface area contributed by atoms with Gasteiger partial charge in [-0.25, -0.2) is 0 Å². The molecule has 0 rings (SSSR count). The Hall–Kier alpha value is 0.140. The van der Waals surface area contributed by atoms with Crippen molar-refractivity contribution in [2.75, 3.05) is 36.1 Å².